The number of anilines is 1. The van der Waals surface area contributed by atoms with Gasteiger partial charge >= 0.3 is 72.6 Å². The molecular weight excluding hydrogens is 870 g/mol. The molecule has 0 fully saturated rings. The van der Waals surface area contributed by atoms with Crippen LogP contribution in [0.1, 0.15) is 78.4 Å². The maximum atomic E-state index is 13.4. The van der Waals surface area contributed by atoms with E-state index in [2.05, 4.69) is 56.2 Å². The molecule has 0 spiro atoms. The summed E-state index contributed by atoms with van der Waals surface area (Å²) in [5.74, 6) is -0.365. The molecule has 0 amide bonds. The summed E-state index contributed by atoms with van der Waals surface area (Å²) >= 11 is 0. The van der Waals surface area contributed by atoms with Gasteiger partial charge in [0.25, 0.3) is 0 Å². The van der Waals surface area contributed by atoms with Gasteiger partial charge in [0.1, 0.15) is 18.0 Å². The van der Waals surface area contributed by atoms with Crippen LogP contribution in [-0.4, -0.2) is 99.5 Å². The minimum atomic E-state index is -4.29. The number of ketones is 1. The van der Waals surface area contributed by atoms with Crippen molar-refractivity contribution in [1.82, 2.24) is 4.31 Å². The van der Waals surface area contributed by atoms with Gasteiger partial charge in [-0.05, 0) is 49.6 Å². The molecule has 59 heavy (non-hydrogen) atoms. The van der Waals surface area contributed by atoms with Crippen molar-refractivity contribution in [3.8, 4) is 0 Å². The summed E-state index contributed by atoms with van der Waals surface area (Å²) in [6.45, 7) is 13.6. The fourth-order valence-corrected chi connectivity index (χ4v) is 8.54. The predicted molar refractivity (Wildman–Crippen MR) is 219 cm³/mol. The Morgan fingerprint density at radius 1 is 0.898 bits per heavy atom. The van der Waals surface area contributed by atoms with Crippen molar-refractivity contribution >= 4 is 64.2 Å². The van der Waals surface area contributed by atoms with Crippen molar-refractivity contribution in [3.05, 3.63) is 102 Å². The summed E-state index contributed by atoms with van der Waals surface area (Å²) in [4.78, 5) is 13.9. The second-order valence-electron chi connectivity index (χ2n) is 14.4. The smallest absolute Gasteiger partial charge is 0.748 e. The molecule has 0 saturated carbocycles. The third kappa shape index (κ3) is 15.9. The molecule has 0 radical (unpaired) electrons. The topological polar surface area (TPSA) is 220 Å². The predicted octanol–water partition coefficient (Wildman–Crippen LogP) is 1.54. The summed E-state index contributed by atoms with van der Waals surface area (Å²) in [5.41, 5.74) is 5.36. The van der Waals surface area contributed by atoms with E-state index in [-0.39, 0.29) is 80.4 Å². The summed E-state index contributed by atoms with van der Waals surface area (Å²) in [5, 5.41) is 0. The van der Waals surface area contributed by atoms with Gasteiger partial charge in [-0.15, -0.1) is 31.3 Å². The average Bonchev–Trinajstić information content (AvgIpc) is 3.44. The van der Waals surface area contributed by atoms with E-state index in [1.54, 1.807) is 19.2 Å². The molecule has 20 heteroatoms. The number of benzene rings is 2. The third-order valence-corrected chi connectivity index (χ3v) is 12.1. The van der Waals surface area contributed by atoms with E-state index in [9.17, 15) is 26.2 Å². The number of sulfonamides is 1. The fourth-order valence-electron chi connectivity index (χ4n) is 6.82. The summed E-state index contributed by atoms with van der Waals surface area (Å²) in [6, 6.07) is 14.3. The van der Waals surface area contributed by atoms with E-state index in [1.165, 1.54) is 11.2 Å². The van der Waals surface area contributed by atoms with Gasteiger partial charge in [-0.2, -0.15) is 18.2 Å². The Bertz CT molecular complexity index is 2400. The SMILES string of the molecule is CCCN1/C(=C/C=C/C=C/C=C/C2=[N+](CCCS(=O)(=O)[O-])c3cc[c-]cc3C2(C)C)C(C)(C)c2cc(S(=O)(=O)N(C)CCCC(C)=O)ccc21.O=S(=O)=O.O=S(=O)=O.[K+]. The number of hydrogen-bond acceptors (Lipinski definition) is 13. The Morgan fingerprint density at radius 2 is 1.49 bits per heavy atom. The van der Waals surface area contributed by atoms with Crippen LogP contribution in [0.4, 0.5) is 11.4 Å². The van der Waals surface area contributed by atoms with Crippen molar-refractivity contribution in [2.75, 3.05) is 37.3 Å². The number of hydrogen-bond donors (Lipinski definition) is 0. The van der Waals surface area contributed by atoms with Gasteiger partial charge < -0.3 is 14.2 Å². The maximum absolute atomic E-state index is 13.4. The molecule has 2 aliphatic rings. The number of allylic oxidation sites excluding steroid dienone is 8. The van der Waals surface area contributed by atoms with Crippen LogP contribution in [0.3, 0.4) is 0 Å². The minimum Gasteiger partial charge on any atom is -0.748 e. The normalized spacial score (nSPS) is 16.1. The van der Waals surface area contributed by atoms with Crippen LogP contribution >= 0.6 is 0 Å². The molecule has 0 unspecified atom stereocenters. The van der Waals surface area contributed by atoms with Crippen LogP contribution in [-0.2, 0) is 57.0 Å². The van der Waals surface area contributed by atoms with Gasteiger partial charge in [-0.25, -0.2) is 25.7 Å². The Balaban J connectivity index is 0.00000177. The summed E-state index contributed by atoms with van der Waals surface area (Å²) in [6.07, 6.45) is 15.9. The number of Topliss-reactive ketones (excluding diaryl/α,β-unsaturated/α-hetero) is 1. The number of carbonyl (C=O) groups excluding carboxylic acids is 1. The summed E-state index contributed by atoms with van der Waals surface area (Å²) < 4.78 is 115. The van der Waals surface area contributed by atoms with E-state index in [0.29, 0.717) is 19.4 Å². The largest absolute Gasteiger partial charge is 1.00 e. The molecule has 0 aromatic heterocycles. The van der Waals surface area contributed by atoms with E-state index < -0.39 is 52.5 Å². The molecule has 0 atom stereocenters. The van der Waals surface area contributed by atoms with Gasteiger partial charge in [0.15, 0.2) is 5.71 Å². The Kier molecular flexibility index (Phi) is 22.1. The third-order valence-electron chi connectivity index (χ3n) is 9.49. The minimum absolute atomic E-state index is 0. The number of nitrogens with zero attached hydrogens (tertiary/aromatic N) is 3. The molecule has 2 aliphatic heterocycles. The van der Waals surface area contributed by atoms with Crippen molar-refractivity contribution in [2.24, 2.45) is 0 Å². The molecule has 15 nitrogen and oxygen atoms in total. The van der Waals surface area contributed by atoms with Crippen molar-refractivity contribution in [1.29, 1.82) is 0 Å². The van der Waals surface area contributed by atoms with E-state index in [4.69, 9.17) is 25.3 Å². The Hall–Kier alpha value is -2.76. The number of carbonyl (C=O) groups is 1. The second kappa shape index (κ2) is 24.0. The van der Waals surface area contributed by atoms with Gasteiger partial charge in [-0.3, -0.25) is 0 Å². The zero-order valence-corrected chi connectivity index (χ0v) is 40.9. The van der Waals surface area contributed by atoms with Gasteiger partial charge in [0, 0.05) is 67.0 Å². The molecule has 0 N–H and O–H groups in total. The molecule has 0 bridgehead atoms. The first-order valence-electron chi connectivity index (χ1n) is 18.1. The fraction of sp³-hybridized carbons (Fsp3) is 0.436. The van der Waals surface area contributed by atoms with Crippen LogP contribution in [0, 0.1) is 6.07 Å². The standard InChI is InChI=1S/C39H51N3O6S2.K.2O3S/c1-8-25-41-35-24-23-31(50(47,48)40(7)26-16-18-30(2)43)29-33(35)39(5,6)37(41)22-13-11-9-10-12-21-36-38(3,4)32-19-14-15-20-34(32)42(36)27-17-28-49(44,45)46;;2*1-4(2)3/h9-13,15,19-24,29H,8,16-18,25-28H2,1-7H3,(H,44,45,46);;;/q;+1;;/p-1. The first-order chi connectivity index (χ1) is 26.9. The van der Waals surface area contributed by atoms with Crippen LogP contribution in [0.25, 0.3) is 0 Å². The number of rotatable bonds is 16. The van der Waals surface area contributed by atoms with Gasteiger partial charge in [0.05, 0.1) is 15.0 Å². The molecular formula is C39H50KN3O12S4. The van der Waals surface area contributed by atoms with E-state index in [1.807, 2.05) is 60.7 Å². The number of fused-ring (bicyclic) bond motifs is 2. The van der Waals surface area contributed by atoms with Gasteiger partial charge in [-0.1, -0.05) is 70.6 Å². The first-order valence-corrected chi connectivity index (χ1v) is 23.1. The molecule has 0 saturated heterocycles. The van der Waals surface area contributed by atoms with E-state index >= 15 is 0 Å². The molecule has 0 aliphatic carbocycles. The quantitative estimate of drug-likeness (QED) is 0.0768. The first kappa shape index (κ1) is 54.3. The van der Waals surface area contributed by atoms with Crippen LogP contribution in [0.5, 0.6) is 0 Å². The van der Waals surface area contributed by atoms with Crippen LogP contribution < -0.4 is 56.3 Å². The Morgan fingerprint density at radius 3 is 2.07 bits per heavy atom. The molecule has 318 valence electrons. The van der Waals surface area contributed by atoms with Crippen molar-refractivity contribution in [2.45, 2.75) is 83.0 Å². The molecule has 4 rings (SSSR count). The van der Waals surface area contributed by atoms with Crippen LogP contribution in [0.15, 0.2) is 89.5 Å². The average molecular weight is 920 g/mol. The molecule has 2 heterocycles. The van der Waals surface area contributed by atoms with Crippen LogP contribution in [0.2, 0.25) is 0 Å². The second-order valence-corrected chi connectivity index (χ2v) is 18.8. The Labute approximate surface area is 394 Å². The maximum Gasteiger partial charge on any atom is 1.00 e. The monoisotopic (exact) mass is 919 g/mol. The molecule has 2 aromatic rings. The zero-order chi connectivity index (χ0) is 44.1. The van der Waals surface area contributed by atoms with E-state index in [0.717, 1.165) is 46.9 Å². The van der Waals surface area contributed by atoms with Crippen molar-refractivity contribution < 1.29 is 107 Å². The van der Waals surface area contributed by atoms with Crippen molar-refractivity contribution in [3.63, 3.8) is 0 Å². The summed E-state index contributed by atoms with van der Waals surface area (Å²) in [7, 11) is -12.7. The molecule has 2 aromatic carbocycles. The van der Waals surface area contributed by atoms with Gasteiger partial charge in [0.2, 0.25) is 10.0 Å². The zero-order valence-electron chi connectivity index (χ0n) is 34.5.